The number of benzene rings is 1. The topological polar surface area (TPSA) is 79.3 Å². The van der Waals surface area contributed by atoms with E-state index in [0.29, 0.717) is 21.3 Å². The van der Waals surface area contributed by atoms with Gasteiger partial charge in [-0.3, -0.25) is 9.78 Å². The summed E-state index contributed by atoms with van der Waals surface area (Å²) in [6.45, 7) is 0. The number of anilines is 1. The molecule has 1 aromatic carbocycles. The molecule has 2 N–H and O–H groups in total. The summed E-state index contributed by atoms with van der Waals surface area (Å²) < 4.78 is 0. The van der Waals surface area contributed by atoms with Gasteiger partial charge in [0.05, 0.1) is 23.9 Å². The minimum absolute atomic E-state index is 0.00248. The Hall–Kier alpha value is -2.11. The zero-order chi connectivity index (χ0) is 15.4. The van der Waals surface area contributed by atoms with Crippen LogP contribution in [0.2, 0.25) is 10.0 Å². The number of hydrogen-bond acceptors (Lipinski definition) is 3. The number of aromatic carboxylic acids is 1. The summed E-state index contributed by atoms with van der Waals surface area (Å²) >= 11 is 11.8. The monoisotopic (exact) mass is 324 g/mol. The van der Waals surface area contributed by atoms with Crippen molar-refractivity contribution in [2.24, 2.45) is 0 Å². The van der Waals surface area contributed by atoms with E-state index in [0.717, 1.165) is 0 Å². The van der Waals surface area contributed by atoms with Crippen molar-refractivity contribution in [3.8, 4) is 0 Å². The van der Waals surface area contributed by atoms with Crippen LogP contribution in [-0.2, 0) is 11.2 Å². The molecule has 1 amide bonds. The second-order valence-electron chi connectivity index (χ2n) is 4.23. The first-order valence-corrected chi connectivity index (χ1v) is 6.63. The lowest BCUT2D eigenvalue weighted by Crippen LogP contribution is -2.15. The first-order chi connectivity index (χ1) is 9.95. The first-order valence-electron chi connectivity index (χ1n) is 5.88. The van der Waals surface area contributed by atoms with E-state index in [1.807, 2.05) is 0 Å². The Morgan fingerprint density at radius 3 is 2.62 bits per heavy atom. The van der Waals surface area contributed by atoms with E-state index in [9.17, 15) is 9.59 Å². The molecule has 0 aliphatic carbocycles. The van der Waals surface area contributed by atoms with Gasteiger partial charge in [0.15, 0.2) is 0 Å². The molecule has 108 valence electrons. The molecule has 0 atom stereocenters. The van der Waals surface area contributed by atoms with Gasteiger partial charge < -0.3 is 10.4 Å². The molecule has 0 saturated carbocycles. The van der Waals surface area contributed by atoms with Crippen molar-refractivity contribution < 1.29 is 14.7 Å². The number of carbonyl (C=O) groups excluding carboxylic acids is 1. The van der Waals surface area contributed by atoms with Crippen molar-refractivity contribution in [3.05, 3.63) is 57.8 Å². The molecule has 0 saturated heterocycles. The summed E-state index contributed by atoms with van der Waals surface area (Å²) in [6.07, 6.45) is 2.62. The van der Waals surface area contributed by atoms with Crippen LogP contribution >= 0.6 is 23.2 Å². The van der Waals surface area contributed by atoms with E-state index in [2.05, 4.69) is 10.3 Å². The first kappa shape index (κ1) is 15.3. The van der Waals surface area contributed by atoms with E-state index < -0.39 is 5.97 Å². The fraction of sp³-hybridized carbons (Fsp3) is 0.0714. The summed E-state index contributed by atoms with van der Waals surface area (Å²) in [5.41, 5.74) is 0.934. The van der Waals surface area contributed by atoms with Crippen LogP contribution in [0.3, 0.4) is 0 Å². The molecule has 2 aromatic rings. The van der Waals surface area contributed by atoms with Crippen LogP contribution in [0.4, 0.5) is 5.69 Å². The second-order valence-corrected chi connectivity index (χ2v) is 5.07. The van der Waals surface area contributed by atoms with Gasteiger partial charge in [0, 0.05) is 16.2 Å². The molecule has 0 spiro atoms. The lowest BCUT2D eigenvalue weighted by molar-refractivity contribution is -0.115. The van der Waals surface area contributed by atoms with Gasteiger partial charge in [-0.15, -0.1) is 0 Å². The van der Waals surface area contributed by atoms with Crippen LogP contribution in [0.15, 0.2) is 36.7 Å². The minimum Gasteiger partial charge on any atom is -0.478 e. The van der Waals surface area contributed by atoms with E-state index in [1.165, 1.54) is 18.5 Å². The fourth-order valence-corrected chi connectivity index (χ4v) is 2.14. The number of hydrogen-bond donors (Lipinski definition) is 2. The molecule has 5 nitrogen and oxygen atoms in total. The number of aromatic nitrogens is 1. The molecule has 0 aliphatic rings. The van der Waals surface area contributed by atoms with E-state index in [4.69, 9.17) is 28.3 Å². The van der Waals surface area contributed by atoms with Gasteiger partial charge >= 0.3 is 5.97 Å². The molecular weight excluding hydrogens is 315 g/mol. The Morgan fingerprint density at radius 2 is 1.95 bits per heavy atom. The number of nitrogens with zero attached hydrogens (tertiary/aromatic N) is 1. The third-order valence-corrected chi connectivity index (χ3v) is 3.22. The van der Waals surface area contributed by atoms with Crippen molar-refractivity contribution in [2.75, 3.05) is 5.32 Å². The zero-order valence-electron chi connectivity index (χ0n) is 10.6. The van der Waals surface area contributed by atoms with Gasteiger partial charge in [-0.1, -0.05) is 29.3 Å². The van der Waals surface area contributed by atoms with Crippen LogP contribution < -0.4 is 5.32 Å². The normalized spacial score (nSPS) is 10.2. The molecule has 7 heteroatoms. The SMILES string of the molecule is O=C(Cc1ccc(Cl)cc1Cl)Nc1cncc(C(=O)O)c1. The average molecular weight is 325 g/mol. The predicted molar refractivity (Wildman–Crippen MR) is 80.0 cm³/mol. The Labute approximate surface area is 130 Å². The third-order valence-electron chi connectivity index (χ3n) is 2.64. The third kappa shape index (κ3) is 4.18. The van der Waals surface area contributed by atoms with Crippen LogP contribution in [0.5, 0.6) is 0 Å². The van der Waals surface area contributed by atoms with Crippen molar-refractivity contribution in [2.45, 2.75) is 6.42 Å². The van der Waals surface area contributed by atoms with Crippen molar-refractivity contribution in [1.82, 2.24) is 4.98 Å². The average Bonchev–Trinajstić information content (AvgIpc) is 2.42. The maximum Gasteiger partial charge on any atom is 0.337 e. The smallest absolute Gasteiger partial charge is 0.337 e. The van der Waals surface area contributed by atoms with Gasteiger partial charge in [-0.25, -0.2) is 4.79 Å². The molecule has 21 heavy (non-hydrogen) atoms. The standard InChI is InChI=1S/C14H10Cl2N2O3/c15-10-2-1-8(12(16)5-10)4-13(19)18-11-3-9(14(20)21)6-17-7-11/h1-3,5-7H,4H2,(H,18,19)(H,20,21). The van der Waals surface area contributed by atoms with E-state index >= 15 is 0 Å². The van der Waals surface area contributed by atoms with Crippen LogP contribution in [0.25, 0.3) is 0 Å². The summed E-state index contributed by atoms with van der Waals surface area (Å²) in [5.74, 6) is -1.44. The van der Waals surface area contributed by atoms with Crippen LogP contribution in [0, 0.1) is 0 Å². The molecule has 1 heterocycles. The summed E-state index contributed by atoms with van der Waals surface area (Å²) in [5, 5.41) is 12.3. The minimum atomic E-state index is -1.11. The molecule has 0 bridgehead atoms. The van der Waals surface area contributed by atoms with E-state index in [1.54, 1.807) is 18.2 Å². The quantitative estimate of drug-likeness (QED) is 0.904. The van der Waals surface area contributed by atoms with Crippen molar-refractivity contribution in [3.63, 3.8) is 0 Å². The zero-order valence-corrected chi connectivity index (χ0v) is 12.1. The number of nitrogens with one attached hydrogen (secondary N) is 1. The highest BCUT2D eigenvalue weighted by Gasteiger charge is 2.10. The Kier molecular flexibility index (Phi) is 4.77. The highest BCUT2D eigenvalue weighted by atomic mass is 35.5. The maximum absolute atomic E-state index is 11.9. The van der Waals surface area contributed by atoms with E-state index in [-0.39, 0.29) is 17.9 Å². The number of halogens is 2. The molecular formula is C14H10Cl2N2O3. The molecule has 0 fully saturated rings. The highest BCUT2D eigenvalue weighted by Crippen LogP contribution is 2.21. The number of amides is 1. The predicted octanol–water partition coefficient (Wildman–Crippen LogP) is 3.27. The molecule has 0 aliphatic heterocycles. The maximum atomic E-state index is 11.9. The summed E-state index contributed by atoms with van der Waals surface area (Å²) in [7, 11) is 0. The Balaban J connectivity index is 2.08. The van der Waals surface area contributed by atoms with Crippen molar-refractivity contribution >= 4 is 40.8 Å². The second kappa shape index (κ2) is 6.56. The number of carboxylic acids is 1. The van der Waals surface area contributed by atoms with Crippen LogP contribution in [0.1, 0.15) is 15.9 Å². The summed E-state index contributed by atoms with van der Waals surface area (Å²) in [6, 6.07) is 6.19. The van der Waals surface area contributed by atoms with Gasteiger partial charge in [0.25, 0.3) is 0 Å². The molecule has 1 aromatic heterocycles. The Morgan fingerprint density at radius 1 is 1.19 bits per heavy atom. The summed E-state index contributed by atoms with van der Waals surface area (Å²) in [4.78, 5) is 26.5. The van der Waals surface area contributed by atoms with Crippen LogP contribution in [-0.4, -0.2) is 22.0 Å². The number of carbonyl (C=O) groups is 2. The van der Waals surface area contributed by atoms with Gasteiger partial charge in [0.2, 0.25) is 5.91 Å². The van der Waals surface area contributed by atoms with Gasteiger partial charge in [-0.05, 0) is 23.8 Å². The number of pyridine rings is 1. The number of carboxylic acid groups (broad SMARTS) is 1. The highest BCUT2D eigenvalue weighted by molar-refractivity contribution is 6.35. The molecule has 0 unspecified atom stereocenters. The Bertz CT molecular complexity index is 704. The number of rotatable bonds is 4. The van der Waals surface area contributed by atoms with Gasteiger partial charge in [-0.2, -0.15) is 0 Å². The van der Waals surface area contributed by atoms with Gasteiger partial charge in [0.1, 0.15) is 0 Å². The molecule has 2 rings (SSSR count). The lowest BCUT2D eigenvalue weighted by atomic mass is 10.1. The van der Waals surface area contributed by atoms with Crippen molar-refractivity contribution in [1.29, 1.82) is 0 Å². The largest absolute Gasteiger partial charge is 0.478 e. The fourth-order valence-electron chi connectivity index (χ4n) is 1.67. The molecule has 0 radical (unpaired) electrons. The lowest BCUT2D eigenvalue weighted by Gasteiger charge is -2.07.